The summed E-state index contributed by atoms with van der Waals surface area (Å²) in [7, 11) is 0. The number of amides is 5. The van der Waals surface area contributed by atoms with Crippen LogP contribution in [0.25, 0.3) is 10.1 Å². The Morgan fingerprint density at radius 2 is 1.73 bits per heavy atom. The number of aromatic nitrogens is 2. The minimum atomic E-state index is -4.80. The molecular weight excluding hydrogens is 661 g/mol. The highest BCUT2D eigenvalue weighted by Gasteiger charge is 2.44. The molecule has 4 aromatic rings. The number of carbonyl (C=O) groups is 6. The molecule has 2 aromatic heterocycles. The van der Waals surface area contributed by atoms with E-state index in [1.807, 2.05) is 0 Å². The summed E-state index contributed by atoms with van der Waals surface area (Å²) in [5.41, 5.74) is 4.28. The number of rotatable bonds is 7. The Morgan fingerprint density at radius 1 is 1.04 bits per heavy atom. The van der Waals surface area contributed by atoms with E-state index in [2.05, 4.69) is 14.7 Å². The van der Waals surface area contributed by atoms with Crippen molar-refractivity contribution in [3.05, 3.63) is 77.0 Å². The summed E-state index contributed by atoms with van der Waals surface area (Å²) >= 11 is 0.722. The molecule has 1 saturated heterocycles. The molecule has 0 spiro atoms. The van der Waals surface area contributed by atoms with Gasteiger partial charge in [0.2, 0.25) is 6.10 Å². The van der Waals surface area contributed by atoms with E-state index in [9.17, 15) is 41.9 Å². The van der Waals surface area contributed by atoms with Crippen LogP contribution in [-0.2, 0) is 30.0 Å². The minimum absolute atomic E-state index is 0.0659. The fourth-order valence-corrected chi connectivity index (χ4v) is 6.22. The quantitative estimate of drug-likeness (QED) is 0.216. The zero-order valence-corrected chi connectivity index (χ0v) is 25.3. The molecule has 48 heavy (non-hydrogen) atoms. The van der Waals surface area contributed by atoms with Crippen molar-refractivity contribution in [3.63, 3.8) is 0 Å². The van der Waals surface area contributed by atoms with Crippen molar-refractivity contribution in [3.8, 4) is 0 Å². The normalized spacial score (nSPS) is 17.0. The van der Waals surface area contributed by atoms with Crippen molar-refractivity contribution in [2.45, 2.75) is 25.3 Å². The number of hydrogen-bond donors (Lipinski definition) is 2. The van der Waals surface area contributed by atoms with Gasteiger partial charge < -0.3 is 20.5 Å². The molecule has 0 aliphatic carbocycles. The Kier molecular flexibility index (Phi) is 8.13. The lowest BCUT2D eigenvalue weighted by atomic mass is 10.1. The van der Waals surface area contributed by atoms with Crippen molar-refractivity contribution in [1.82, 2.24) is 9.36 Å². The average Bonchev–Trinajstić information content (AvgIpc) is 3.56. The van der Waals surface area contributed by atoms with Crippen LogP contribution in [0.1, 0.15) is 43.7 Å². The van der Waals surface area contributed by atoms with Crippen molar-refractivity contribution < 1.29 is 51.4 Å². The predicted octanol–water partition coefficient (Wildman–Crippen LogP) is 2.91. The molecule has 14 nitrogen and oxygen atoms in total. The third kappa shape index (κ3) is 5.60. The molecule has 2 aliphatic rings. The van der Waals surface area contributed by atoms with Gasteiger partial charge in [-0.15, -0.1) is 0 Å². The van der Waals surface area contributed by atoms with Gasteiger partial charge in [0, 0.05) is 12.3 Å². The summed E-state index contributed by atoms with van der Waals surface area (Å²) in [5, 5.41) is 2.59. The minimum Gasteiger partial charge on any atom is -0.449 e. The second-order valence-electron chi connectivity index (χ2n) is 10.4. The summed E-state index contributed by atoms with van der Waals surface area (Å²) in [6, 6.07) is 11.7. The Morgan fingerprint density at radius 3 is 2.35 bits per heavy atom. The smallest absolute Gasteiger partial charge is 0.433 e. The number of halogens is 3. The van der Waals surface area contributed by atoms with Gasteiger partial charge in [-0.1, -0.05) is 18.2 Å². The van der Waals surface area contributed by atoms with Gasteiger partial charge in [-0.2, -0.15) is 17.5 Å². The van der Waals surface area contributed by atoms with E-state index in [1.54, 1.807) is 12.1 Å². The van der Waals surface area contributed by atoms with Crippen LogP contribution in [0, 0.1) is 0 Å². The van der Waals surface area contributed by atoms with Crippen molar-refractivity contribution >= 4 is 74.4 Å². The van der Waals surface area contributed by atoms with Gasteiger partial charge >= 0.3 is 12.1 Å². The third-order valence-corrected chi connectivity index (χ3v) is 8.25. The number of nitrogens with zero attached hydrogens (tertiary/aromatic N) is 4. The van der Waals surface area contributed by atoms with Crippen LogP contribution in [0.5, 0.6) is 0 Å². The number of ether oxygens (including phenoxy) is 2. The molecular formula is C30H21F3N6O8S. The third-order valence-electron chi connectivity index (χ3n) is 7.38. The van der Waals surface area contributed by atoms with E-state index in [4.69, 9.17) is 15.2 Å². The van der Waals surface area contributed by atoms with Gasteiger partial charge in [0.15, 0.2) is 11.9 Å². The second-order valence-corrected chi connectivity index (χ2v) is 11.2. The fourth-order valence-electron chi connectivity index (χ4n) is 5.30. The zero-order chi connectivity index (χ0) is 34.5. The van der Waals surface area contributed by atoms with Crippen LogP contribution in [0.2, 0.25) is 0 Å². The fraction of sp³-hybridized carbons (Fsp3) is 0.200. The van der Waals surface area contributed by atoms with Crippen LogP contribution < -0.4 is 20.9 Å². The lowest BCUT2D eigenvalue weighted by molar-refractivity contribution is -0.167. The number of morpholine rings is 1. The van der Waals surface area contributed by atoms with Crippen LogP contribution in [0.3, 0.4) is 0 Å². The van der Waals surface area contributed by atoms with Crippen molar-refractivity contribution in [1.29, 1.82) is 0 Å². The number of esters is 1. The highest BCUT2D eigenvalue weighted by molar-refractivity contribution is 7.14. The van der Waals surface area contributed by atoms with Gasteiger partial charge in [-0.3, -0.25) is 33.7 Å². The number of anilines is 3. The van der Waals surface area contributed by atoms with Gasteiger partial charge in [0.25, 0.3) is 29.5 Å². The molecule has 0 radical (unpaired) electrons. The molecule has 1 fully saturated rings. The first-order valence-electron chi connectivity index (χ1n) is 13.9. The lowest BCUT2D eigenvalue weighted by Gasteiger charge is -2.34. The number of imide groups is 1. The largest absolute Gasteiger partial charge is 0.449 e. The molecule has 0 saturated carbocycles. The number of carbonyl (C=O) groups excluding carboxylic acids is 6. The van der Waals surface area contributed by atoms with E-state index >= 15 is 0 Å². The number of nitrogens with two attached hydrogens (primary N) is 1. The first kappa shape index (κ1) is 32.2. The van der Waals surface area contributed by atoms with E-state index in [1.165, 1.54) is 24.3 Å². The summed E-state index contributed by atoms with van der Waals surface area (Å²) in [4.78, 5) is 83.2. The number of alkyl halides is 3. The van der Waals surface area contributed by atoms with Gasteiger partial charge in [0.05, 0.1) is 40.2 Å². The van der Waals surface area contributed by atoms with Gasteiger partial charge in [-0.05, 0) is 47.9 Å². The van der Waals surface area contributed by atoms with Crippen LogP contribution >= 0.6 is 11.5 Å². The van der Waals surface area contributed by atoms with E-state index in [0.29, 0.717) is 0 Å². The molecule has 5 amide bonds. The van der Waals surface area contributed by atoms with Crippen molar-refractivity contribution in [2.75, 3.05) is 28.3 Å². The summed E-state index contributed by atoms with van der Waals surface area (Å²) in [6.07, 6.45) is -8.59. The number of fused-ring (bicyclic) bond motifs is 2. The van der Waals surface area contributed by atoms with Crippen LogP contribution in [0.15, 0.2) is 54.6 Å². The molecule has 2 atom stereocenters. The molecule has 18 heteroatoms. The van der Waals surface area contributed by atoms with Crippen LogP contribution in [-0.4, -0.2) is 70.2 Å². The first-order valence-corrected chi connectivity index (χ1v) is 14.7. The maximum atomic E-state index is 13.6. The second kappa shape index (κ2) is 12.1. The SMILES string of the molecule is CC(=O)OC(C(=O)Nc1ccc2c(N3C(=O)c4ccccc4C3=O)nsc2c1C(N)=O)C1OCCN(c2cccc(C(F)(F)F)n2)C1=O. The Balaban J connectivity index is 1.31. The monoisotopic (exact) mass is 682 g/mol. The molecule has 2 aromatic carbocycles. The van der Waals surface area contributed by atoms with E-state index in [0.717, 1.165) is 46.5 Å². The highest BCUT2D eigenvalue weighted by atomic mass is 32.1. The van der Waals surface area contributed by atoms with E-state index in [-0.39, 0.29) is 57.3 Å². The van der Waals surface area contributed by atoms with Crippen LogP contribution in [0.4, 0.5) is 30.5 Å². The number of benzene rings is 2. The Hall–Kier alpha value is -5.75. The predicted molar refractivity (Wildman–Crippen MR) is 161 cm³/mol. The number of hydrogen-bond acceptors (Lipinski definition) is 11. The molecule has 6 rings (SSSR count). The highest BCUT2D eigenvalue weighted by Crippen LogP contribution is 2.39. The van der Waals surface area contributed by atoms with E-state index < -0.39 is 59.6 Å². The average molecular weight is 683 g/mol. The lowest BCUT2D eigenvalue weighted by Crippen LogP contribution is -2.57. The summed E-state index contributed by atoms with van der Waals surface area (Å²) < 4.78 is 54.8. The summed E-state index contributed by atoms with van der Waals surface area (Å²) in [5.74, 6) is -5.89. The Bertz CT molecular complexity index is 2020. The molecule has 246 valence electrons. The summed E-state index contributed by atoms with van der Waals surface area (Å²) in [6.45, 7) is 0.472. The molecule has 4 heterocycles. The topological polar surface area (TPSA) is 191 Å². The standard InChI is InChI=1S/C30H21F3N6O8S/c1-13(40)47-21(22-29(45)38(11-12-46-22)19-8-4-7-18(36-19)30(31,32)33)26(42)35-17-10-9-16-23(20(17)24(34)41)48-37-25(16)39-27(43)14-5-2-3-6-15(14)28(39)44/h2-10,21-22H,11-12H2,1H3,(H2,34,41)(H,35,42). The Labute approximate surface area is 271 Å². The number of nitrogens with one attached hydrogen (secondary N) is 1. The molecule has 2 unspecified atom stereocenters. The molecule has 0 bridgehead atoms. The molecule has 3 N–H and O–H groups in total. The number of primary amides is 1. The van der Waals surface area contributed by atoms with Gasteiger partial charge in [0.1, 0.15) is 11.5 Å². The maximum Gasteiger partial charge on any atom is 0.433 e. The maximum absolute atomic E-state index is 13.6. The molecule has 2 aliphatic heterocycles. The van der Waals surface area contributed by atoms with Crippen molar-refractivity contribution in [2.24, 2.45) is 5.73 Å². The van der Waals surface area contributed by atoms with Gasteiger partial charge in [-0.25, -0.2) is 9.88 Å². The first-order chi connectivity index (χ1) is 22.8. The number of pyridine rings is 1. The zero-order valence-electron chi connectivity index (χ0n) is 24.4.